The van der Waals surface area contributed by atoms with E-state index in [-0.39, 0.29) is 19.0 Å². The summed E-state index contributed by atoms with van der Waals surface area (Å²) in [4.78, 5) is 14.3. The molecular weight excluding hydrogens is 233 g/mol. The van der Waals surface area contributed by atoms with Crippen molar-refractivity contribution >= 4 is 5.91 Å². The van der Waals surface area contributed by atoms with Gasteiger partial charge in [-0.25, -0.2) is 0 Å². The molecule has 0 aromatic rings. The zero-order valence-electron chi connectivity index (χ0n) is 9.83. The molecule has 0 aromatic heterocycles. The number of alkyl halides is 3. The average molecular weight is 250 g/mol. The highest BCUT2D eigenvalue weighted by atomic mass is 19.4. The van der Waals surface area contributed by atoms with E-state index in [0.29, 0.717) is 12.5 Å². The summed E-state index contributed by atoms with van der Waals surface area (Å²) in [5, 5.41) is 0. The van der Waals surface area contributed by atoms with Gasteiger partial charge in [0.25, 0.3) is 0 Å². The standard InChI is InChI=1S/C11H17F3N2O/c1-15-5-2-3-8-7-16(6-4-9(8)15)10(17)11(12,13)14/h8-9H,2-7H2,1H3. The molecular formula is C11H17F3N2O. The normalized spacial score (nSPS) is 31.2. The van der Waals surface area contributed by atoms with Crippen molar-refractivity contribution in [2.24, 2.45) is 5.92 Å². The Morgan fingerprint density at radius 1 is 1.24 bits per heavy atom. The molecule has 2 rings (SSSR count). The molecule has 0 saturated carbocycles. The molecule has 0 spiro atoms. The molecule has 2 atom stereocenters. The van der Waals surface area contributed by atoms with E-state index < -0.39 is 12.1 Å². The van der Waals surface area contributed by atoms with Crippen LogP contribution in [0.2, 0.25) is 0 Å². The smallest absolute Gasteiger partial charge is 0.334 e. The van der Waals surface area contributed by atoms with Crippen LogP contribution in [0.5, 0.6) is 0 Å². The van der Waals surface area contributed by atoms with Crippen molar-refractivity contribution in [3.8, 4) is 0 Å². The fourth-order valence-corrected chi connectivity index (χ4v) is 3.02. The number of carbonyl (C=O) groups is 1. The number of nitrogens with zero attached hydrogens (tertiary/aromatic N) is 2. The van der Waals surface area contributed by atoms with Crippen LogP contribution in [-0.2, 0) is 4.79 Å². The Hall–Kier alpha value is -0.780. The van der Waals surface area contributed by atoms with E-state index in [1.54, 1.807) is 0 Å². The van der Waals surface area contributed by atoms with Gasteiger partial charge < -0.3 is 9.80 Å². The van der Waals surface area contributed by atoms with Gasteiger partial charge in [0.05, 0.1) is 0 Å². The molecule has 0 aromatic carbocycles. The van der Waals surface area contributed by atoms with Crippen LogP contribution in [0.15, 0.2) is 0 Å². The summed E-state index contributed by atoms with van der Waals surface area (Å²) in [5.41, 5.74) is 0. The molecule has 2 heterocycles. The van der Waals surface area contributed by atoms with E-state index in [2.05, 4.69) is 4.90 Å². The number of piperidine rings is 2. The first kappa shape index (κ1) is 12.7. The second-order valence-electron chi connectivity index (χ2n) is 4.99. The fourth-order valence-electron chi connectivity index (χ4n) is 3.02. The quantitative estimate of drug-likeness (QED) is 0.650. The summed E-state index contributed by atoms with van der Waals surface area (Å²) < 4.78 is 37.0. The summed E-state index contributed by atoms with van der Waals surface area (Å²) in [7, 11) is 2.01. The maximum absolute atomic E-state index is 12.3. The second kappa shape index (κ2) is 4.48. The van der Waals surface area contributed by atoms with E-state index >= 15 is 0 Å². The van der Waals surface area contributed by atoms with Crippen molar-refractivity contribution in [1.82, 2.24) is 9.80 Å². The summed E-state index contributed by atoms with van der Waals surface area (Å²) in [6.07, 6.45) is -2.14. The molecule has 3 nitrogen and oxygen atoms in total. The van der Waals surface area contributed by atoms with Gasteiger partial charge in [0, 0.05) is 19.1 Å². The lowest BCUT2D eigenvalue weighted by atomic mass is 9.84. The number of hydrogen-bond acceptors (Lipinski definition) is 2. The van der Waals surface area contributed by atoms with Crippen LogP contribution < -0.4 is 0 Å². The lowest BCUT2D eigenvalue weighted by Crippen LogP contribution is -2.55. The van der Waals surface area contributed by atoms with Crippen molar-refractivity contribution < 1.29 is 18.0 Å². The lowest BCUT2D eigenvalue weighted by molar-refractivity contribution is -0.188. The summed E-state index contributed by atoms with van der Waals surface area (Å²) in [5.74, 6) is -1.47. The number of halogens is 3. The van der Waals surface area contributed by atoms with Crippen LogP contribution in [0.25, 0.3) is 0 Å². The highest BCUT2D eigenvalue weighted by molar-refractivity contribution is 5.82. The molecule has 2 saturated heterocycles. The fraction of sp³-hybridized carbons (Fsp3) is 0.909. The number of carbonyl (C=O) groups excluding carboxylic acids is 1. The molecule has 98 valence electrons. The molecule has 2 fully saturated rings. The summed E-state index contributed by atoms with van der Waals surface area (Å²) in [6, 6.07) is 0.348. The summed E-state index contributed by atoms with van der Waals surface area (Å²) >= 11 is 0. The Morgan fingerprint density at radius 2 is 1.94 bits per heavy atom. The molecule has 0 radical (unpaired) electrons. The predicted molar refractivity (Wildman–Crippen MR) is 56.4 cm³/mol. The zero-order valence-corrected chi connectivity index (χ0v) is 9.83. The van der Waals surface area contributed by atoms with Crippen LogP contribution >= 0.6 is 0 Å². The third-order valence-electron chi connectivity index (χ3n) is 3.88. The van der Waals surface area contributed by atoms with Gasteiger partial charge in [-0.15, -0.1) is 0 Å². The Morgan fingerprint density at radius 3 is 2.59 bits per heavy atom. The molecule has 17 heavy (non-hydrogen) atoms. The number of hydrogen-bond donors (Lipinski definition) is 0. The molecule has 0 N–H and O–H groups in total. The highest BCUT2D eigenvalue weighted by Gasteiger charge is 2.45. The zero-order chi connectivity index (χ0) is 12.6. The van der Waals surface area contributed by atoms with Crippen LogP contribution in [0.4, 0.5) is 13.2 Å². The van der Waals surface area contributed by atoms with Crippen LogP contribution in [0.1, 0.15) is 19.3 Å². The number of fused-ring (bicyclic) bond motifs is 1. The van der Waals surface area contributed by atoms with Crippen LogP contribution in [-0.4, -0.2) is 54.6 Å². The second-order valence-corrected chi connectivity index (χ2v) is 4.99. The Bertz CT molecular complexity index is 306. The number of amides is 1. The topological polar surface area (TPSA) is 23.6 Å². The minimum absolute atomic E-state index is 0.203. The van der Waals surface area contributed by atoms with Gasteiger partial charge in [0.15, 0.2) is 0 Å². The van der Waals surface area contributed by atoms with Crippen LogP contribution in [0.3, 0.4) is 0 Å². The number of likely N-dealkylation sites (tertiary alicyclic amines) is 2. The van der Waals surface area contributed by atoms with E-state index in [9.17, 15) is 18.0 Å². The van der Waals surface area contributed by atoms with Gasteiger partial charge in [0.1, 0.15) is 0 Å². The van der Waals surface area contributed by atoms with Gasteiger partial charge in [-0.3, -0.25) is 4.79 Å². The molecule has 1 amide bonds. The first-order chi connectivity index (χ1) is 7.89. The van der Waals surface area contributed by atoms with Crippen molar-refractivity contribution in [2.45, 2.75) is 31.5 Å². The molecule has 0 aliphatic carbocycles. The van der Waals surface area contributed by atoms with Gasteiger partial charge in [-0.2, -0.15) is 13.2 Å². The molecule has 2 aliphatic rings. The van der Waals surface area contributed by atoms with Gasteiger partial charge in [0.2, 0.25) is 0 Å². The largest absolute Gasteiger partial charge is 0.471 e. The van der Waals surface area contributed by atoms with Gasteiger partial charge >= 0.3 is 12.1 Å². The lowest BCUT2D eigenvalue weighted by Gasteiger charge is -2.45. The van der Waals surface area contributed by atoms with E-state index in [1.165, 1.54) is 0 Å². The minimum Gasteiger partial charge on any atom is -0.334 e. The van der Waals surface area contributed by atoms with Gasteiger partial charge in [-0.1, -0.05) is 0 Å². The van der Waals surface area contributed by atoms with Crippen molar-refractivity contribution in [3.63, 3.8) is 0 Å². The summed E-state index contributed by atoms with van der Waals surface area (Å²) in [6.45, 7) is 1.49. The van der Waals surface area contributed by atoms with Crippen molar-refractivity contribution in [3.05, 3.63) is 0 Å². The predicted octanol–water partition coefficient (Wildman–Crippen LogP) is 1.49. The Labute approximate surface area is 98.6 Å². The third kappa shape index (κ3) is 2.56. The highest BCUT2D eigenvalue weighted by Crippen LogP contribution is 2.31. The maximum Gasteiger partial charge on any atom is 0.471 e. The Kier molecular flexibility index (Phi) is 3.34. The van der Waals surface area contributed by atoms with E-state index in [0.717, 1.165) is 24.3 Å². The first-order valence-corrected chi connectivity index (χ1v) is 5.96. The van der Waals surface area contributed by atoms with Crippen LogP contribution in [0, 0.1) is 5.92 Å². The monoisotopic (exact) mass is 250 g/mol. The van der Waals surface area contributed by atoms with Crippen molar-refractivity contribution in [1.29, 1.82) is 0 Å². The molecule has 0 bridgehead atoms. The maximum atomic E-state index is 12.3. The minimum atomic E-state index is -4.73. The molecule has 2 aliphatic heterocycles. The van der Waals surface area contributed by atoms with Crippen molar-refractivity contribution in [2.75, 3.05) is 26.7 Å². The van der Waals surface area contributed by atoms with E-state index in [4.69, 9.17) is 0 Å². The third-order valence-corrected chi connectivity index (χ3v) is 3.88. The average Bonchev–Trinajstić information content (AvgIpc) is 2.26. The molecule has 2 unspecified atom stereocenters. The Balaban J connectivity index is 2.00. The molecule has 6 heteroatoms. The van der Waals surface area contributed by atoms with Gasteiger partial charge in [-0.05, 0) is 38.8 Å². The first-order valence-electron chi connectivity index (χ1n) is 5.96. The number of rotatable bonds is 0. The SMILES string of the molecule is CN1CCCC2CN(C(=O)C(F)(F)F)CCC21. The van der Waals surface area contributed by atoms with E-state index in [1.807, 2.05) is 7.05 Å².